The number of anilines is 1. The van der Waals surface area contributed by atoms with Crippen LogP contribution in [-0.2, 0) is 6.18 Å². The van der Waals surface area contributed by atoms with Gasteiger partial charge < -0.3 is 10.6 Å². The van der Waals surface area contributed by atoms with Crippen LogP contribution in [-0.4, -0.2) is 5.11 Å². The Balaban J connectivity index is 2.16. The molecule has 0 aliphatic heterocycles. The zero-order chi connectivity index (χ0) is 19.5. The minimum Gasteiger partial charge on any atom is -0.355 e. The SMILES string of the molecule is Cc1ccc([C@H](NC(=S)Nc2cccc(C(F)(F)F)c2)C(C)C)c(C)c1. The van der Waals surface area contributed by atoms with Gasteiger partial charge in [0.1, 0.15) is 0 Å². The van der Waals surface area contributed by atoms with Crippen molar-refractivity contribution in [3.63, 3.8) is 0 Å². The van der Waals surface area contributed by atoms with Gasteiger partial charge in [0.05, 0.1) is 11.6 Å². The Morgan fingerprint density at radius 1 is 1.04 bits per heavy atom. The Labute approximate surface area is 157 Å². The smallest absolute Gasteiger partial charge is 0.355 e. The van der Waals surface area contributed by atoms with Crippen LogP contribution in [0.1, 0.15) is 42.1 Å². The van der Waals surface area contributed by atoms with Gasteiger partial charge in [0.2, 0.25) is 0 Å². The van der Waals surface area contributed by atoms with E-state index < -0.39 is 11.7 Å². The Morgan fingerprint density at radius 2 is 1.73 bits per heavy atom. The van der Waals surface area contributed by atoms with E-state index in [0.29, 0.717) is 10.8 Å². The van der Waals surface area contributed by atoms with Crippen molar-refractivity contribution in [1.29, 1.82) is 0 Å². The van der Waals surface area contributed by atoms with Crippen molar-refractivity contribution in [2.45, 2.75) is 39.9 Å². The summed E-state index contributed by atoms with van der Waals surface area (Å²) in [5, 5.41) is 6.39. The van der Waals surface area contributed by atoms with Crippen molar-refractivity contribution in [3.8, 4) is 0 Å². The highest BCUT2D eigenvalue weighted by Crippen LogP contribution is 2.31. The summed E-state index contributed by atoms with van der Waals surface area (Å²) in [5.41, 5.74) is 3.05. The number of aryl methyl sites for hydroxylation is 2. The number of benzene rings is 2. The average molecular weight is 380 g/mol. The van der Waals surface area contributed by atoms with E-state index in [0.717, 1.165) is 23.3 Å². The lowest BCUT2D eigenvalue weighted by atomic mass is 9.92. The van der Waals surface area contributed by atoms with Crippen molar-refractivity contribution >= 4 is 23.0 Å². The Bertz CT molecular complexity index is 785. The van der Waals surface area contributed by atoms with Crippen molar-refractivity contribution in [2.75, 3.05) is 5.32 Å². The largest absolute Gasteiger partial charge is 0.416 e. The molecule has 0 heterocycles. The second-order valence-corrected chi connectivity index (χ2v) is 7.17. The number of alkyl halides is 3. The maximum absolute atomic E-state index is 12.8. The number of rotatable bonds is 4. The fourth-order valence-corrected chi connectivity index (χ4v) is 3.10. The van der Waals surface area contributed by atoms with E-state index in [1.54, 1.807) is 6.07 Å². The molecular formula is C20H23F3N2S. The summed E-state index contributed by atoms with van der Waals surface area (Å²) in [7, 11) is 0. The standard InChI is InChI=1S/C20H23F3N2S/c1-12(2)18(17-9-8-13(3)10-14(17)4)25-19(26)24-16-7-5-6-15(11-16)20(21,22)23/h5-12,18H,1-4H3,(H2,24,25,26)/t18-/m1/s1. The molecule has 26 heavy (non-hydrogen) atoms. The van der Waals surface area contributed by atoms with E-state index in [9.17, 15) is 13.2 Å². The molecule has 0 unspecified atom stereocenters. The molecule has 0 amide bonds. The quantitative estimate of drug-likeness (QED) is 0.636. The lowest BCUT2D eigenvalue weighted by Gasteiger charge is -2.26. The van der Waals surface area contributed by atoms with Gasteiger partial charge in [0.25, 0.3) is 0 Å². The van der Waals surface area contributed by atoms with Gasteiger partial charge in [0.15, 0.2) is 5.11 Å². The molecule has 6 heteroatoms. The molecule has 0 radical (unpaired) electrons. The summed E-state index contributed by atoms with van der Waals surface area (Å²) in [6.07, 6.45) is -4.38. The fraction of sp³-hybridized carbons (Fsp3) is 0.350. The maximum Gasteiger partial charge on any atom is 0.416 e. The predicted octanol–water partition coefficient (Wildman–Crippen LogP) is 6.01. The lowest BCUT2D eigenvalue weighted by molar-refractivity contribution is -0.137. The Kier molecular flexibility index (Phi) is 6.29. The van der Waals surface area contributed by atoms with Crippen molar-refractivity contribution < 1.29 is 13.2 Å². The van der Waals surface area contributed by atoms with Crippen LogP contribution in [0.4, 0.5) is 18.9 Å². The molecular weight excluding hydrogens is 357 g/mol. The summed E-state index contributed by atoms with van der Waals surface area (Å²) in [5.74, 6) is 0.248. The summed E-state index contributed by atoms with van der Waals surface area (Å²) in [6, 6.07) is 11.2. The molecule has 2 aromatic rings. The van der Waals surface area contributed by atoms with Gasteiger partial charge in [-0.15, -0.1) is 0 Å². The van der Waals surface area contributed by atoms with Gasteiger partial charge in [-0.3, -0.25) is 0 Å². The third-order valence-corrected chi connectivity index (χ3v) is 4.38. The highest BCUT2D eigenvalue weighted by molar-refractivity contribution is 7.80. The van der Waals surface area contributed by atoms with Crippen molar-refractivity contribution in [3.05, 3.63) is 64.7 Å². The molecule has 2 nitrogen and oxygen atoms in total. The zero-order valence-electron chi connectivity index (χ0n) is 15.2. The second-order valence-electron chi connectivity index (χ2n) is 6.76. The first-order chi connectivity index (χ1) is 12.1. The van der Waals surface area contributed by atoms with Gasteiger partial charge in [0, 0.05) is 5.69 Å². The van der Waals surface area contributed by atoms with Gasteiger partial charge in [-0.2, -0.15) is 13.2 Å². The first kappa shape index (κ1) is 20.2. The molecule has 2 rings (SSSR count). The third-order valence-electron chi connectivity index (χ3n) is 4.16. The average Bonchev–Trinajstić information content (AvgIpc) is 2.52. The minimum atomic E-state index is -4.38. The lowest BCUT2D eigenvalue weighted by Crippen LogP contribution is -2.35. The second kappa shape index (κ2) is 8.08. The number of nitrogens with one attached hydrogen (secondary N) is 2. The number of hydrogen-bond donors (Lipinski definition) is 2. The summed E-state index contributed by atoms with van der Waals surface area (Å²) < 4.78 is 38.5. The highest BCUT2D eigenvalue weighted by atomic mass is 32.1. The predicted molar refractivity (Wildman–Crippen MR) is 104 cm³/mol. The van der Waals surface area contributed by atoms with Crippen LogP contribution in [0.5, 0.6) is 0 Å². The summed E-state index contributed by atoms with van der Waals surface area (Å²) in [4.78, 5) is 0. The molecule has 2 aromatic carbocycles. The number of halogens is 3. The summed E-state index contributed by atoms with van der Waals surface area (Å²) in [6.45, 7) is 8.23. The molecule has 0 bridgehead atoms. The normalized spacial score (nSPS) is 12.8. The summed E-state index contributed by atoms with van der Waals surface area (Å²) >= 11 is 5.33. The van der Waals surface area contributed by atoms with Gasteiger partial charge >= 0.3 is 6.18 Å². The van der Waals surface area contributed by atoms with Gasteiger partial charge in [-0.1, -0.05) is 43.7 Å². The van der Waals surface area contributed by atoms with E-state index in [1.165, 1.54) is 11.6 Å². The maximum atomic E-state index is 12.8. The van der Waals surface area contributed by atoms with Crippen LogP contribution in [0.2, 0.25) is 0 Å². The van der Waals surface area contributed by atoms with E-state index in [2.05, 4.69) is 36.6 Å². The van der Waals surface area contributed by atoms with E-state index in [-0.39, 0.29) is 12.0 Å². The Hall–Kier alpha value is -2.08. The van der Waals surface area contributed by atoms with Gasteiger partial charge in [-0.05, 0) is 61.3 Å². The van der Waals surface area contributed by atoms with E-state index in [4.69, 9.17) is 12.2 Å². The van der Waals surface area contributed by atoms with Crippen LogP contribution < -0.4 is 10.6 Å². The topological polar surface area (TPSA) is 24.1 Å². The fourth-order valence-electron chi connectivity index (χ4n) is 2.86. The highest BCUT2D eigenvalue weighted by Gasteiger charge is 2.30. The molecule has 0 spiro atoms. The Morgan fingerprint density at radius 3 is 2.31 bits per heavy atom. The van der Waals surface area contributed by atoms with Crippen LogP contribution in [0.25, 0.3) is 0 Å². The molecule has 0 aromatic heterocycles. The molecule has 0 aliphatic carbocycles. The zero-order valence-corrected chi connectivity index (χ0v) is 16.1. The minimum absolute atomic E-state index is 0.0404. The first-order valence-electron chi connectivity index (χ1n) is 8.40. The monoisotopic (exact) mass is 380 g/mol. The van der Waals surface area contributed by atoms with Crippen molar-refractivity contribution in [2.24, 2.45) is 5.92 Å². The first-order valence-corrected chi connectivity index (χ1v) is 8.80. The molecule has 1 atom stereocenters. The van der Waals surface area contributed by atoms with Crippen LogP contribution in [0.3, 0.4) is 0 Å². The number of thiocarbonyl (C=S) groups is 1. The van der Waals surface area contributed by atoms with Crippen LogP contribution in [0.15, 0.2) is 42.5 Å². The van der Waals surface area contributed by atoms with Crippen molar-refractivity contribution in [1.82, 2.24) is 5.32 Å². The molecule has 2 N–H and O–H groups in total. The van der Waals surface area contributed by atoms with E-state index >= 15 is 0 Å². The molecule has 0 saturated carbocycles. The number of hydrogen-bond acceptors (Lipinski definition) is 1. The van der Waals surface area contributed by atoms with Crippen LogP contribution in [0, 0.1) is 19.8 Å². The third kappa shape index (κ3) is 5.21. The van der Waals surface area contributed by atoms with Gasteiger partial charge in [-0.25, -0.2) is 0 Å². The van der Waals surface area contributed by atoms with Crippen LogP contribution >= 0.6 is 12.2 Å². The molecule has 140 valence electrons. The molecule has 0 aliphatic rings. The van der Waals surface area contributed by atoms with E-state index in [1.807, 2.05) is 19.9 Å². The molecule has 0 saturated heterocycles. The molecule has 0 fully saturated rings.